The summed E-state index contributed by atoms with van der Waals surface area (Å²) in [5, 5.41) is -0.600. The molecule has 6 nitrogen and oxygen atoms in total. The molecule has 1 saturated heterocycles. The molecule has 2 aromatic carbocycles. The van der Waals surface area contributed by atoms with Crippen LogP contribution in [0.4, 0.5) is 14.9 Å². The first kappa shape index (κ1) is 18.7. The van der Waals surface area contributed by atoms with Crippen LogP contribution < -0.4 is 4.72 Å². The second-order valence-corrected chi connectivity index (χ2v) is 8.37. The van der Waals surface area contributed by atoms with Crippen molar-refractivity contribution < 1.29 is 22.4 Å². The number of carbonyl (C=O) groups excluding carboxylic acids is 2. The largest absolute Gasteiger partial charge is 0.289 e. The van der Waals surface area contributed by atoms with E-state index in [0.29, 0.717) is 5.56 Å². The maximum absolute atomic E-state index is 13.9. The maximum atomic E-state index is 13.9. The van der Waals surface area contributed by atoms with Crippen molar-refractivity contribution >= 4 is 50.2 Å². The molecule has 0 unspecified atom stereocenters. The molecule has 1 fully saturated rings. The van der Waals surface area contributed by atoms with Crippen molar-refractivity contribution in [2.75, 3.05) is 10.5 Å². The van der Waals surface area contributed by atoms with Crippen molar-refractivity contribution in [1.29, 1.82) is 0 Å². The number of nitrogens with one attached hydrogen (secondary N) is 1. The topological polar surface area (TPSA) is 83.6 Å². The lowest BCUT2D eigenvalue weighted by molar-refractivity contribution is -0.125. The molecule has 1 aliphatic rings. The third-order valence-electron chi connectivity index (χ3n) is 3.59. The van der Waals surface area contributed by atoms with Crippen molar-refractivity contribution in [3.8, 4) is 0 Å². The van der Waals surface area contributed by atoms with E-state index in [1.807, 2.05) is 0 Å². The summed E-state index contributed by atoms with van der Waals surface area (Å²) in [4.78, 5) is 23.8. The van der Waals surface area contributed by atoms with Crippen LogP contribution >= 0.6 is 23.4 Å². The lowest BCUT2D eigenvalue weighted by Crippen LogP contribution is -2.27. The SMILES string of the molecule is O=C1CSC(=O)N1Cc1ccc(NS(=O)(=O)c2cccc(Cl)c2F)cc1. The van der Waals surface area contributed by atoms with Crippen molar-refractivity contribution in [2.45, 2.75) is 11.4 Å². The summed E-state index contributed by atoms with van der Waals surface area (Å²) in [5.74, 6) is -1.16. The Balaban J connectivity index is 1.76. The van der Waals surface area contributed by atoms with Gasteiger partial charge in [0.15, 0.2) is 5.82 Å². The van der Waals surface area contributed by atoms with Gasteiger partial charge in [-0.15, -0.1) is 0 Å². The molecule has 26 heavy (non-hydrogen) atoms. The second-order valence-electron chi connectivity index (χ2n) is 5.39. The van der Waals surface area contributed by atoms with Gasteiger partial charge in [-0.1, -0.05) is 41.6 Å². The molecule has 2 amide bonds. The Kier molecular flexibility index (Phi) is 5.22. The predicted octanol–water partition coefficient (Wildman–Crippen LogP) is 3.48. The number of thioether (sulfide) groups is 1. The first-order chi connectivity index (χ1) is 12.3. The van der Waals surface area contributed by atoms with Gasteiger partial charge in [-0.25, -0.2) is 12.8 Å². The summed E-state index contributed by atoms with van der Waals surface area (Å²) in [7, 11) is -4.15. The number of anilines is 1. The molecule has 1 aliphatic heterocycles. The van der Waals surface area contributed by atoms with E-state index in [4.69, 9.17) is 11.6 Å². The molecule has 0 aromatic heterocycles. The van der Waals surface area contributed by atoms with E-state index in [1.54, 1.807) is 12.1 Å². The fourth-order valence-corrected chi connectivity index (χ4v) is 4.41. The van der Waals surface area contributed by atoms with Gasteiger partial charge in [0.2, 0.25) is 5.91 Å². The normalized spacial score (nSPS) is 14.8. The first-order valence-corrected chi connectivity index (χ1v) is 10.2. The first-order valence-electron chi connectivity index (χ1n) is 7.31. The Hall–Kier alpha value is -2.10. The number of rotatable bonds is 5. The van der Waals surface area contributed by atoms with Crippen LogP contribution in [-0.2, 0) is 21.4 Å². The monoisotopic (exact) mass is 414 g/mol. The van der Waals surface area contributed by atoms with Crippen LogP contribution in [-0.4, -0.2) is 30.2 Å². The third kappa shape index (κ3) is 3.84. The molecule has 1 heterocycles. The van der Waals surface area contributed by atoms with Crippen LogP contribution in [0.25, 0.3) is 0 Å². The Morgan fingerprint density at radius 3 is 2.46 bits per heavy atom. The molecule has 0 radical (unpaired) electrons. The van der Waals surface area contributed by atoms with Crippen molar-refractivity contribution in [2.24, 2.45) is 0 Å². The molecule has 0 atom stereocenters. The van der Waals surface area contributed by atoms with Gasteiger partial charge in [0, 0.05) is 5.69 Å². The van der Waals surface area contributed by atoms with E-state index in [-0.39, 0.29) is 34.2 Å². The minimum absolute atomic E-state index is 0.112. The molecule has 0 spiro atoms. The number of amides is 2. The summed E-state index contributed by atoms with van der Waals surface area (Å²) >= 11 is 6.56. The minimum atomic E-state index is -4.15. The van der Waals surface area contributed by atoms with E-state index in [1.165, 1.54) is 24.3 Å². The van der Waals surface area contributed by atoms with Gasteiger partial charge in [0.25, 0.3) is 15.3 Å². The zero-order chi connectivity index (χ0) is 18.9. The van der Waals surface area contributed by atoms with E-state index in [9.17, 15) is 22.4 Å². The standard InChI is InChI=1S/C16H12ClFN2O4S2/c17-12-2-1-3-13(15(12)18)26(23,24)19-11-6-4-10(5-7-11)8-20-14(21)9-25-16(20)22/h1-7,19H,8-9H2. The van der Waals surface area contributed by atoms with Gasteiger partial charge in [-0.05, 0) is 29.8 Å². The van der Waals surface area contributed by atoms with Gasteiger partial charge in [0.05, 0.1) is 17.3 Å². The minimum Gasteiger partial charge on any atom is -0.280 e. The van der Waals surface area contributed by atoms with Gasteiger partial charge in [0.1, 0.15) is 4.90 Å². The van der Waals surface area contributed by atoms with E-state index in [2.05, 4.69) is 4.72 Å². The predicted molar refractivity (Wildman–Crippen MR) is 97.1 cm³/mol. The zero-order valence-electron chi connectivity index (χ0n) is 13.1. The lowest BCUT2D eigenvalue weighted by atomic mass is 10.2. The molecule has 2 aromatic rings. The average molecular weight is 415 g/mol. The van der Waals surface area contributed by atoms with Gasteiger partial charge < -0.3 is 0 Å². The van der Waals surface area contributed by atoms with Crippen LogP contribution in [0.3, 0.4) is 0 Å². The molecule has 136 valence electrons. The smallest absolute Gasteiger partial charge is 0.280 e. The van der Waals surface area contributed by atoms with Gasteiger partial charge in [-0.2, -0.15) is 0 Å². The van der Waals surface area contributed by atoms with Crippen LogP contribution in [0.2, 0.25) is 5.02 Å². The molecule has 3 rings (SSSR count). The Bertz CT molecular complexity index is 964. The molecule has 0 saturated carbocycles. The fourth-order valence-electron chi connectivity index (χ4n) is 2.30. The highest BCUT2D eigenvalue weighted by atomic mass is 35.5. The Morgan fingerprint density at radius 2 is 1.85 bits per heavy atom. The molecule has 10 heteroatoms. The van der Waals surface area contributed by atoms with Crippen LogP contribution in [0, 0.1) is 5.82 Å². The summed E-state index contributed by atoms with van der Waals surface area (Å²) in [6.45, 7) is 0.112. The summed E-state index contributed by atoms with van der Waals surface area (Å²) in [5.41, 5.74) is 0.868. The number of imide groups is 1. The Morgan fingerprint density at radius 1 is 1.15 bits per heavy atom. The van der Waals surface area contributed by atoms with Crippen LogP contribution in [0.15, 0.2) is 47.4 Å². The van der Waals surface area contributed by atoms with E-state index in [0.717, 1.165) is 22.7 Å². The van der Waals surface area contributed by atoms with Crippen molar-refractivity contribution in [1.82, 2.24) is 4.90 Å². The number of hydrogen-bond donors (Lipinski definition) is 1. The van der Waals surface area contributed by atoms with Crippen LogP contribution in [0.5, 0.6) is 0 Å². The summed E-state index contributed by atoms with van der Waals surface area (Å²) in [6.07, 6.45) is 0. The van der Waals surface area contributed by atoms with E-state index >= 15 is 0 Å². The highest BCUT2D eigenvalue weighted by molar-refractivity contribution is 8.14. The number of carbonyl (C=O) groups is 2. The highest BCUT2D eigenvalue weighted by Gasteiger charge is 2.29. The van der Waals surface area contributed by atoms with Crippen LogP contribution in [0.1, 0.15) is 5.56 Å². The highest BCUT2D eigenvalue weighted by Crippen LogP contribution is 2.25. The molecular weight excluding hydrogens is 403 g/mol. The zero-order valence-corrected chi connectivity index (χ0v) is 15.5. The van der Waals surface area contributed by atoms with Crippen molar-refractivity contribution in [3.05, 3.63) is 58.9 Å². The molecular formula is C16H12ClFN2O4S2. The molecule has 0 bridgehead atoms. The van der Waals surface area contributed by atoms with E-state index < -0.39 is 20.7 Å². The Labute approximate surface area is 158 Å². The molecule has 1 N–H and O–H groups in total. The number of benzene rings is 2. The number of nitrogens with zero attached hydrogens (tertiary/aromatic N) is 1. The van der Waals surface area contributed by atoms with Gasteiger partial charge >= 0.3 is 0 Å². The number of hydrogen-bond acceptors (Lipinski definition) is 5. The summed E-state index contributed by atoms with van der Waals surface area (Å²) in [6, 6.07) is 9.79. The second kappa shape index (κ2) is 7.26. The lowest BCUT2D eigenvalue weighted by Gasteiger charge is -2.13. The third-order valence-corrected chi connectivity index (χ3v) is 6.14. The number of halogens is 2. The van der Waals surface area contributed by atoms with Gasteiger partial charge in [-0.3, -0.25) is 19.2 Å². The quantitative estimate of drug-likeness (QED) is 0.809. The number of sulfonamides is 1. The fraction of sp³-hybridized carbons (Fsp3) is 0.125. The summed E-state index contributed by atoms with van der Waals surface area (Å²) < 4.78 is 40.8. The average Bonchev–Trinajstić information content (AvgIpc) is 2.90. The van der Waals surface area contributed by atoms with Crippen molar-refractivity contribution in [3.63, 3.8) is 0 Å². The maximum Gasteiger partial charge on any atom is 0.289 e. The molecule has 0 aliphatic carbocycles.